The molecule has 0 radical (unpaired) electrons. The first-order valence-electron chi connectivity index (χ1n) is 7.37. The molecule has 0 saturated heterocycles. The molecular weight excluding hydrogens is 270 g/mol. The van der Waals surface area contributed by atoms with Crippen molar-refractivity contribution in [3.05, 3.63) is 24.8 Å². The third-order valence-electron chi connectivity index (χ3n) is 2.68. The number of primary amides is 1. The van der Waals surface area contributed by atoms with Crippen molar-refractivity contribution >= 4 is 11.9 Å². The van der Waals surface area contributed by atoms with Crippen molar-refractivity contribution in [3.63, 3.8) is 0 Å². The zero-order chi connectivity index (χ0) is 16.5. The Morgan fingerprint density at radius 2 is 1.76 bits per heavy atom. The minimum Gasteiger partial charge on any atom is -0.460 e. The van der Waals surface area contributed by atoms with Gasteiger partial charge in [0.25, 0.3) is 0 Å². The van der Waals surface area contributed by atoms with Gasteiger partial charge >= 0.3 is 5.97 Å². The van der Waals surface area contributed by atoms with Crippen molar-refractivity contribution in [2.75, 3.05) is 13.2 Å². The number of carbonyl (C=O) groups excluding carboxylic acids is 2. The summed E-state index contributed by atoms with van der Waals surface area (Å²) in [5, 5.41) is 8.10. The van der Waals surface area contributed by atoms with Gasteiger partial charge in [-0.25, -0.2) is 4.79 Å². The van der Waals surface area contributed by atoms with Gasteiger partial charge in [-0.1, -0.05) is 52.2 Å². The van der Waals surface area contributed by atoms with Gasteiger partial charge in [0.15, 0.2) is 0 Å². The topological polar surface area (TPSA) is 89.6 Å². The molecule has 5 nitrogen and oxygen atoms in total. The Balaban J connectivity index is 0. The van der Waals surface area contributed by atoms with E-state index in [1.165, 1.54) is 32.1 Å². The maximum atomic E-state index is 10.6. The van der Waals surface area contributed by atoms with E-state index < -0.39 is 5.97 Å². The highest BCUT2D eigenvalue weighted by molar-refractivity contribution is 5.91. The fourth-order valence-electron chi connectivity index (χ4n) is 1.45. The Labute approximate surface area is 127 Å². The van der Waals surface area contributed by atoms with Crippen LogP contribution in [-0.2, 0) is 14.3 Å². The molecule has 5 heteroatoms. The molecule has 0 aliphatic rings. The smallest absolute Gasteiger partial charge is 0.330 e. The van der Waals surface area contributed by atoms with Crippen LogP contribution in [0, 0.1) is 0 Å². The Kier molecular flexibility index (Phi) is 17.0. The summed E-state index contributed by atoms with van der Waals surface area (Å²) in [6.07, 6.45) is 9.21. The number of ether oxygens (including phenoxy) is 1. The number of rotatable bonds is 11. The van der Waals surface area contributed by atoms with E-state index in [-0.39, 0.29) is 19.1 Å². The summed E-state index contributed by atoms with van der Waals surface area (Å²) in [5.74, 6) is -0.854. The molecule has 0 atom stereocenters. The lowest BCUT2D eigenvalue weighted by atomic mass is 10.1. The Morgan fingerprint density at radius 3 is 2.24 bits per heavy atom. The second kappa shape index (κ2) is 16.4. The molecule has 0 saturated carbocycles. The summed E-state index contributed by atoms with van der Waals surface area (Å²) in [6.45, 7) is 8.88. The van der Waals surface area contributed by atoms with E-state index in [1.807, 2.05) is 0 Å². The lowest BCUT2D eigenvalue weighted by Crippen LogP contribution is -2.12. The number of unbranched alkanes of at least 4 members (excludes halogenated alkanes) is 5. The number of nitrogens with two attached hydrogens (primary N) is 1. The zero-order valence-electron chi connectivity index (χ0n) is 13.1. The number of aliphatic hydroxyl groups is 1. The van der Waals surface area contributed by atoms with Crippen LogP contribution in [0.3, 0.4) is 0 Å². The van der Waals surface area contributed by atoms with Crippen LogP contribution < -0.4 is 5.73 Å². The number of aliphatic hydroxyl groups excluding tert-OH is 1. The molecule has 1 amide bonds. The van der Waals surface area contributed by atoms with Gasteiger partial charge in [0.05, 0.1) is 6.61 Å². The highest BCUT2D eigenvalue weighted by Crippen LogP contribution is 2.10. The SMILES string of the molecule is C=C(CCCCCCCC)C(N)=O.C=CC(=O)OCCO. The molecule has 0 bridgehead atoms. The average molecular weight is 299 g/mol. The molecule has 3 N–H and O–H groups in total. The number of hydrogen-bond acceptors (Lipinski definition) is 4. The normalized spacial score (nSPS) is 9.24. The maximum absolute atomic E-state index is 10.6. The second-order valence-corrected chi connectivity index (χ2v) is 4.58. The number of amides is 1. The molecule has 122 valence electrons. The molecule has 0 aliphatic heterocycles. The molecular formula is C16H29NO4. The lowest BCUT2D eigenvalue weighted by molar-refractivity contribution is -0.138. The van der Waals surface area contributed by atoms with E-state index >= 15 is 0 Å². The second-order valence-electron chi connectivity index (χ2n) is 4.58. The van der Waals surface area contributed by atoms with Crippen molar-refractivity contribution in [2.24, 2.45) is 5.73 Å². The standard InChI is InChI=1S/C11H21NO.C5H8O3/c1-3-4-5-6-7-8-9-10(2)11(12)13;1-2-5(7)8-4-3-6/h2-9H2,1H3,(H2,12,13);2,6H,1,3-4H2. The molecule has 0 spiro atoms. The highest BCUT2D eigenvalue weighted by atomic mass is 16.5. The number of carbonyl (C=O) groups is 2. The Bertz CT molecular complexity index is 313. The molecule has 0 fully saturated rings. The van der Waals surface area contributed by atoms with Crippen LogP contribution in [0.5, 0.6) is 0 Å². The van der Waals surface area contributed by atoms with E-state index in [2.05, 4.69) is 24.8 Å². The molecule has 0 rings (SSSR count). The third-order valence-corrected chi connectivity index (χ3v) is 2.68. The van der Waals surface area contributed by atoms with Crippen molar-refractivity contribution in [2.45, 2.75) is 51.9 Å². The van der Waals surface area contributed by atoms with Gasteiger partial charge in [0.2, 0.25) is 5.91 Å². The summed E-state index contributed by atoms with van der Waals surface area (Å²) in [7, 11) is 0. The van der Waals surface area contributed by atoms with Gasteiger partial charge in [-0.15, -0.1) is 0 Å². The monoisotopic (exact) mass is 299 g/mol. The van der Waals surface area contributed by atoms with Crippen LogP contribution >= 0.6 is 0 Å². The molecule has 0 heterocycles. The van der Waals surface area contributed by atoms with Gasteiger partial charge in [-0.05, 0) is 12.8 Å². The average Bonchev–Trinajstić information content (AvgIpc) is 2.48. The van der Waals surface area contributed by atoms with Crippen LogP contribution in [0.25, 0.3) is 0 Å². The molecule has 0 aromatic rings. The van der Waals surface area contributed by atoms with Crippen molar-refractivity contribution in [1.29, 1.82) is 0 Å². The predicted molar refractivity (Wildman–Crippen MR) is 84.6 cm³/mol. The minimum atomic E-state index is -0.501. The first kappa shape index (κ1) is 21.7. The van der Waals surface area contributed by atoms with Crippen LogP contribution in [0.2, 0.25) is 0 Å². The van der Waals surface area contributed by atoms with Gasteiger partial charge < -0.3 is 15.6 Å². The van der Waals surface area contributed by atoms with Crippen molar-refractivity contribution in [1.82, 2.24) is 0 Å². The summed E-state index contributed by atoms with van der Waals surface area (Å²) < 4.78 is 4.33. The summed E-state index contributed by atoms with van der Waals surface area (Å²) in [5.41, 5.74) is 5.63. The number of hydrogen-bond donors (Lipinski definition) is 2. The number of esters is 1. The minimum absolute atomic E-state index is 0.0465. The van der Waals surface area contributed by atoms with E-state index in [4.69, 9.17) is 10.8 Å². The van der Waals surface area contributed by atoms with Gasteiger partial charge in [-0.2, -0.15) is 0 Å². The quantitative estimate of drug-likeness (QED) is 0.348. The van der Waals surface area contributed by atoms with E-state index in [0.29, 0.717) is 5.57 Å². The van der Waals surface area contributed by atoms with Crippen LogP contribution in [0.4, 0.5) is 0 Å². The van der Waals surface area contributed by atoms with E-state index in [9.17, 15) is 9.59 Å². The molecule has 0 aromatic carbocycles. The first-order chi connectivity index (χ1) is 9.99. The van der Waals surface area contributed by atoms with Crippen molar-refractivity contribution < 1.29 is 19.4 Å². The Morgan fingerprint density at radius 1 is 1.19 bits per heavy atom. The predicted octanol–water partition coefficient (Wildman–Crippen LogP) is 2.49. The maximum Gasteiger partial charge on any atom is 0.330 e. The summed E-state index contributed by atoms with van der Waals surface area (Å²) in [4.78, 5) is 20.7. The highest BCUT2D eigenvalue weighted by Gasteiger charge is 2.00. The first-order valence-corrected chi connectivity index (χ1v) is 7.37. The van der Waals surface area contributed by atoms with Gasteiger partial charge in [-0.3, -0.25) is 4.79 Å². The molecule has 0 unspecified atom stereocenters. The molecule has 0 aromatic heterocycles. The fourth-order valence-corrected chi connectivity index (χ4v) is 1.45. The van der Waals surface area contributed by atoms with Crippen molar-refractivity contribution in [3.8, 4) is 0 Å². The van der Waals surface area contributed by atoms with E-state index in [1.54, 1.807) is 0 Å². The van der Waals surface area contributed by atoms with Gasteiger partial charge in [0, 0.05) is 11.6 Å². The van der Waals surface area contributed by atoms with Crippen LogP contribution in [0.15, 0.2) is 24.8 Å². The Hall–Kier alpha value is -1.62. The van der Waals surface area contributed by atoms with Crippen LogP contribution in [0.1, 0.15) is 51.9 Å². The summed E-state index contributed by atoms with van der Waals surface area (Å²) in [6, 6.07) is 0. The largest absolute Gasteiger partial charge is 0.460 e. The van der Waals surface area contributed by atoms with Crippen LogP contribution in [-0.4, -0.2) is 30.2 Å². The zero-order valence-corrected chi connectivity index (χ0v) is 13.1. The van der Waals surface area contributed by atoms with E-state index in [0.717, 1.165) is 18.9 Å². The molecule has 21 heavy (non-hydrogen) atoms. The molecule has 0 aliphatic carbocycles. The fraction of sp³-hybridized carbons (Fsp3) is 0.625. The summed E-state index contributed by atoms with van der Waals surface area (Å²) >= 11 is 0. The third kappa shape index (κ3) is 18.4. The van der Waals surface area contributed by atoms with Gasteiger partial charge in [0.1, 0.15) is 6.61 Å². The lowest BCUT2D eigenvalue weighted by Gasteiger charge is -2.01.